The Bertz CT molecular complexity index is 575. The molecule has 20 heavy (non-hydrogen) atoms. The topological polar surface area (TPSA) is 35.5 Å². The van der Waals surface area contributed by atoms with Gasteiger partial charge in [-0.05, 0) is 31.5 Å². The van der Waals surface area contributed by atoms with Crippen LogP contribution < -0.4 is 4.74 Å². The van der Waals surface area contributed by atoms with E-state index >= 15 is 0 Å². The number of methoxy groups -OCH3 is 1. The van der Waals surface area contributed by atoms with Crippen LogP contribution in [0.25, 0.3) is 0 Å². The lowest BCUT2D eigenvalue weighted by Gasteiger charge is -2.26. The fraction of sp³-hybridized carbons (Fsp3) is 0.235. The highest BCUT2D eigenvalue weighted by molar-refractivity contribution is 5.83. The molecule has 0 bridgehead atoms. The fourth-order valence-electron chi connectivity index (χ4n) is 1.88. The van der Waals surface area contributed by atoms with Gasteiger partial charge in [-0.1, -0.05) is 48.0 Å². The third-order valence-corrected chi connectivity index (χ3v) is 3.35. The van der Waals surface area contributed by atoms with Crippen molar-refractivity contribution in [3.05, 3.63) is 65.7 Å². The van der Waals surface area contributed by atoms with Crippen molar-refractivity contribution < 1.29 is 14.3 Å². The predicted octanol–water partition coefficient (Wildman–Crippen LogP) is 3.46. The summed E-state index contributed by atoms with van der Waals surface area (Å²) in [5.74, 6) is 0.0722. The minimum absolute atomic E-state index is 0.435. The molecule has 0 aliphatic rings. The summed E-state index contributed by atoms with van der Waals surface area (Å²) in [7, 11) is 1.51. The molecule has 0 radical (unpaired) electrons. The van der Waals surface area contributed by atoms with Crippen LogP contribution in [0.4, 0.5) is 0 Å². The van der Waals surface area contributed by atoms with Crippen LogP contribution in [0.15, 0.2) is 54.6 Å². The first-order valence-electron chi connectivity index (χ1n) is 6.46. The number of rotatable bonds is 4. The van der Waals surface area contributed by atoms with Gasteiger partial charge in [0.25, 0.3) is 0 Å². The number of hydrogen-bond donors (Lipinski definition) is 0. The highest BCUT2D eigenvalue weighted by atomic mass is 16.6. The number of aryl methyl sites for hydroxylation is 1. The van der Waals surface area contributed by atoms with E-state index < -0.39 is 11.6 Å². The van der Waals surface area contributed by atoms with E-state index in [0.717, 1.165) is 11.1 Å². The summed E-state index contributed by atoms with van der Waals surface area (Å²) in [6.45, 7) is 3.71. The molecule has 0 fully saturated rings. The van der Waals surface area contributed by atoms with Crippen molar-refractivity contribution in [3.63, 3.8) is 0 Å². The number of hydrogen-bond acceptors (Lipinski definition) is 3. The molecule has 0 spiro atoms. The molecule has 2 rings (SSSR count). The number of esters is 1. The van der Waals surface area contributed by atoms with Crippen molar-refractivity contribution >= 4 is 5.97 Å². The Kier molecular flexibility index (Phi) is 4.20. The first-order valence-corrected chi connectivity index (χ1v) is 6.46. The Morgan fingerprint density at radius 2 is 1.60 bits per heavy atom. The minimum Gasteiger partial charge on any atom is -0.424 e. The summed E-state index contributed by atoms with van der Waals surface area (Å²) < 4.78 is 10.8. The molecule has 1 unspecified atom stereocenters. The summed E-state index contributed by atoms with van der Waals surface area (Å²) in [5.41, 5.74) is 0.777. The number of benzene rings is 2. The molecule has 3 nitrogen and oxygen atoms in total. The quantitative estimate of drug-likeness (QED) is 0.630. The third kappa shape index (κ3) is 2.89. The Morgan fingerprint density at radius 1 is 1.00 bits per heavy atom. The lowest BCUT2D eigenvalue weighted by molar-refractivity contribution is -0.158. The molecule has 0 aromatic heterocycles. The zero-order valence-corrected chi connectivity index (χ0v) is 11.9. The molecule has 0 aliphatic heterocycles. The highest BCUT2D eigenvalue weighted by Crippen LogP contribution is 2.27. The van der Waals surface area contributed by atoms with Crippen molar-refractivity contribution in [2.75, 3.05) is 7.11 Å². The molecule has 3 heteroatoms. The SMILES string of the molecule is COC(C)(C(=O)Oc1ccccc1)c1ccc(C)cc1. The van der Waals surface area contributed by atoms with Crippen LogP contribution in [0.3, 0.4) is 0 Å². The van der Waals surface area contributed by atoms with E-state index in [1.165, 1.54) is 7.11 Å². The highest BCUT2D eigenvalue weighted by Gasteiger charge is 2.37. The number of carbonyl (C=O) groups excluding carboxylic acids is 1. The Morgan fingerprint density at radius 3 is 2.15 bits per heavy atom. The Balaban J connectivity index is 2.26. The van der Waals surface area contributed by atoms with Gasteiger partial charge < -0.3 is 9.47 Å². The zero-order valence-electron chi connectivity index (χ0n) is 11.9. The number of para-hydroxylation sites is 1. The van der Waals surface area contributed by atoms with Crippen LogP contribution in [0.1, 0.15) is 18.1 Å². The van der Waals surface area contributed by atoms with Crippen molar-refractivity contribution in [2.45, 2.75) is 19.4 Å². The molecule has 0 N–H and O–H groups in total. The summed E-state index contributed by atoms with van der Waals surface area (Å²) in [6, 6.07) is 16.6. The standard InChI is InChI=1S/C17H18O3/c1-13-9-11-14(12-10-13)17(2,19-3)16(18)20-15-7-5-4-6-8-15/h4-12H,1-3H3. The first-order chi connectivity index (χ1) is 9.56. The van der Waals surface area contributed by atoms with Gasteiger partial charge in [-0.2, -0.15) is 0 Å². The van der Waals surface area contributed by atoms with Gasteiger partial charge in [-0.25, -0.2) is 4.79 Å². The Hall–Kier alpha value is -2.13. The fourth-order valence-corrected chi connectivity index (χ4v) is 1.88. The maximum atomic E-state index is 12.4. The zero-order chi connectivity index (χ0) is 14.6. The summed E-state index contributed by atoms with van der Waals surface area (Å²) >= 11 is 0. The van der Waals surface area contributed by atoms with Crippen molar-refractivity contribution in [3.8, 4) is 5.75 Å². The van der Waals surface area contributed by atoms with Gasteiger partial charge in [0.2, 0.25) is 0 Å². The Labute approximate surface area is 119 Å². The molecule has 0 heterocycles. The van der Waals surface area contributed by atoms with Gasteiger partial charge in [-0.3, -0.25) is 0 Å². The molecular weight excluding hydrogens is 252 g/mol. The third-order valence-electron chi connectivity index (χ3n) is 3.35. The minimum atomic E-state index is -1.12. The first kappa shape index (κ1) is 14.3. The van der Waals surface area contributed by atoms with Gasteiger partial charge in [0.15, 0.2) is 5.60 Å². The van der Waals surface area contributed by atoms with Gasteiger partial charge >= 0.3 is 5.97 Å². The molecule has 0 aliphatic carbocycles. The van der Waals surface area contributed by atoms with Crippen LogP contribution in [0, 0.1) is 6.92 Å². The van der Waals surface area contributed by atoms with E-state index in [1.54, 1.807) is 19.1 Å². The largest absolute Gasteiger partial charge is 0.424 e. The summed E-state index contributed by atoms with van der Waals surface area (Å²) in [4.78, 5) is 12.4. The predicted molar refractivity (Wildman–Crippen MR) is 77.6 cm³/mol. The smallest absolute Gasteiger partial charge is 0.348 e. The monoisotopic (exact) mass is 270 g/mol. The second kappa shape index (κ2) is 5.88. The van der Waals surface area contributed by atoms with Crippen LogP contribution >= 0.6 is 0 Å². The average Bonchev–Trinajstić information content (AvgIpc) is 2.48. The van der Waals surface area contributed by atoms with Crippen molar-refractivity contribution in [1.82, 2.24) is 0 Å². The second-order valence-corrected chi connectivity index (χ2v) is 4.81. The molecule has 1 atom stereocenters. The second-order valence-electron chi connectivity index (χ2n) is 4.81. The van der Waals surface area contributed by atoms with Crippen LogP contribution in [-0.4, -0.2) is 13.1 Å². The molecule has 0 saturated carbocycles. The molecule has 104 valence electrons. The molecule has 0 saturated heterocycles. The van der Waals surface area contributed by atoms with Gasteiger partial charge in [0.05, 0.1) is 0 Å². The summed E-state index contributed by atoms with van der Waals surface area (Å²) in [5, 5.41) is 0. The van der Waals surface area contributed by atoms with E-state index in [2.05, 4.69) is 0 Å². The number of carbonyl (C=O) groups is 1. The van der Waals surface area contributed by atoms with Gasteiger partial charge in [0, 0.05) is 7.11 Å². The molecule has 0 amide bonds. The van der Waals surface area contributed by atoms with E-state index in [-0.39, 0.29) is 0 Å². The normalized spacial score (nSPS) is 13.6. The van der Waals surface area contributed by atoms with Crippen molar-refractivity contribution in [2.24, 2.45) is 0 Å². The molecular formula is C17H18O3. The molecule has 2 aromatic carbocycles. The summed E-state index contributed by atoms with van der Waals surface area (Å²) in [6.07, 6.45) is 0. The average molecular weight is 270 g/mol. The van der Waals surface area contributed by atoms with Crippen LogP contribution in [0.2, 0.25) is 0 Å². The van der Waals surface area contributed by atoms with Crippen molar-refractivity contribution in [1.29, 1.82) is 0 Å². The van der Waals surface area contributed by atoms with Crippen LogP contribution in [-0.2, 0) is 15.1 Å². The maximum Gasteiger partial charge on any atom is 0.348 e. The van der Waals surface area contributed by atoms with Gasteiger partial charge in [-0.15, -0.1) is 0 Å². The molecule has 2 aromatic rings. The van der Waals surface area contributed by atoms with E-state index in [0.29, 0.717) is 5.75 Å². The lowest BCUT2D eigenvalue weighted by Crippen LogP contribution is -2.38. The van der Waals surface area contributed by atoms with E-state index in [4.69, 9.17) is 9.47 Å². The van der Waals surface area contributed by atoms with Crippen LogP contribution in [0.5, 0.6) is 5.75 Å². The number of ether oxygens (including phenoxy) is 2. The van der Waals surface area contributed by atoms with E-state index in [9.17, 15) is 4.79 Å². The lowest BCUT2D eigenvalue weighted by atomic mass is 9.95. The van der Waals surface area contributed by atoms with E-state index in [1.807, 2.05) is 49.4 Å². The van der Waals surface area contributed by atoms with Gasteiger partial charge in [0.1, 0.15) is 5.75 Å². The maximum absolute atomic E-state index is 12.4.